The maximum atomic E-state index is 12.1. The zero-order valence-corrected chi connectivity index (χ0v) is 12.0. The Kier molecular flexibility index (Phi) is 3.39. The Bertz CT molecular complexity index is 547. The second kappa shape index (κ2) is 4.91. The zero-order chi connectivity index (χ0) is 13.5. The fourth-order valence-electron chi connectivity index (χ4n) is 3.53. The molecule has 2 aliphatic rings. The molecule has 3 atom stereocenters. The van der Waals surface area contributed by atoms with Crippen molar-refractivity contribution >= 4 is 10.1 Å². The maximum absolute atomic E-state index is 12.1. The molecule has 0 spiro atoms. The van der Waals surface area contributed by atoms with Crippen LogP contribution in [0, 0.1) is 24.7 Å². The van der Waals surface area contributed by atoms with Crippen LogP contribution in [0.5, 0.6) is 0 Å². The van der Waals surface area contributed by atoms with Gasteiger partial charge in [0.15, 0.2) is 0 Å². The minimum atomic E-state index is -3.58. The molecule has 1 aromatic rings. The van der Waals surface area contributed by atoms with E-state index in [1.54, 1.807) is 24.3 Å². The summed E-state index contributed by atoms with van der Waals surface area (Å²) in [5, 5.41) is 0. The highest BCUT2D eigenvalue weighted by atomic mass is 32.2. The van der Waals surface area contributed by atoms with Crippen molar-refractivity contribution in [2.45, 2.75) is 37.5 Å². The molecule has 1 aromatic carbocycles. The van der Waals surface area contributed by atoms with Crippen LogP contribution in [0.25, 0.3) is 0 Å². The molecule has 2 bridgehead atoms. The molecule has 0 radical (unpaired) electrons. The van der Waals surface area contributed by atoms with Crippen LogP contribution in [0.4, 0.5) is 0 Å². The maximum Gasteiger partial charge on any atom is 0.296 e. The van der Waals surface area contributed by atoms with Gasteiger partial charge in [-0.3, -0.25) is 4.18 Å². The smallest absolute Gasteiger partial charge is 0.266 e. The average Bonchev–Trinajstić information content (AvgIpc) is 2.99. The highest BCUT2D eigenvalue weighted by Crippen LogP contribution is 2.48. The van der Waals surface area contributed by atoms with Gasteiger partial charge in [0.2, 0.25) is 0 Å². The molecule has 3 nitrogen and oxygen atoms in total. The molecule has 0 aliphatic heterocycles. The van der Waals surface area contributed by atoms with Crippen LogP contribution in [0.15, 0.2) is 29.2 Å². The number of fused-ring (bicyclic) bond motifs is 2. The number of benzene rings is 1. The van der Waals surface area contributed by atoms with E-state index in [1.807, 2.05) is 6.92 Å². The number of aryl methyl sites for hydroxylation is 1. The predicted octanol–water partition coefficient (Wildman–Crippen LogP) is 3.14. The molecule has 104 valence electrons. The van der Waals surface area contributed by atoms with Crippen molar-refractivity contribution in [3.8, 4) is 0 Å². The Morgan fingerprint density at radius 3 is 2.47 bits per heavy atom. The molecule has 2 saturated carbocycles. The van der Waals surface area contributed by atoms with Crippen LogP contribution >= 0.6 is 0 Å². The van der Waals surface area contributed by atoms with E-state index in [0.29, 0.717) is 18.4 Å². The van der Waals surface area contributed by atoms with E-state index >= 15 is 0 Å². The third-order valence-corrected chi connectivity index (χ3v) is 5.93. The molecule has 0 saturated heterocycles. The van der Waals surface area contributed by atoms with Crippen LogP contribution in [-0.2, 0) is 14.3 Å². The first-order chi connectivity index (χ1) is 9.04. The van der Waals surface area contributed by atoms with Gasteiger partial charge in [0.05, 0.1) is 11.5 Å². The largest absolute Gasteiger partial charge is 0.296 e. The summed E-state index contributed by atoms with van der Waals surface area (Å²) in [4.78, 5) is 0.265. The second-order valence-corrected chi connectivity index (χ2v) is 7.60. The Hall–Kier alpha value is -0.870. The van der Waals surface area contributed by atoms with E-state index < -0.39 is 10.1 Å². The van der Waals surface area contributed by atoms with E-state index in [2.05, 4.69) is 0 Å². The molecule has 2 unspecified atom stereocenters. The molecule has 2 fully saturated rings. The van der Waals surface area contributed by atoms with E-state index in [0.717, 1.165) is 17.9 Å². The zero-order valence-electron chi connectivity index (χ0n) is 11.2. The van der Waals surface area contributed by atoms with E-state index in [1.165, 1.54) is 19.3 Å². The van der Waals surface area contributed by atoms with Gasteiger partial charge in [-0.1, -0.05) is 24.1 Å². The monoisotopic (exact) mass is 280 g/mol. The highest BCUT2D eigenvalue weighted by Gasteiger charge is 2.40. The fraction of sp³-hybridized carbons (Fsp3) is 0.600. The van der Waals surface area contributed by atoms with Crippen molar-refractivity contribution in [1.29, 1.82) is 0 Å². The van der Waals surface area contributed by atoms with Crippen molar-refractivity contribution < 1.29 is 12.6 Å². The van der Waals surface area contributed by atoms with Crippen molar-refractivity contribution in [3.63, 3.8) is 0 Å². The molecule has 2 aliphatic carbocycles. The lowest BCUT2D eigenvalue weighted by molar-refractivity contribution is 0.200. The third-order valence-electron chi connectivity index (χ3n) is 4.63. The summed E-state index contributed by atoms with van der Waals surface area (Å²) in [5.41, 5.74) is 1.05. The quantitative estimate of drug-likeness (QED) is 0.796. The summed E-state index contributed by atoms with van der Waals surface area (Å²) < 4.78 is 29.4. The van der Waals surface area contributed by atoms with Crippen LogP contribution in [-0.4, -0.2) is 15.0 Å². The van der Waals surface area contributed by atoms with Crippen LogP contribution in [0.2, 0.25) is 0 Å². The van der Waals surface area contributed by atoms with Crippen LogP contribution in [0.3, 0.4) is 0 Å². The van der Waals surface area contributed by atoms with Crippen molar-refractivity contribution in [2.24, 2.45) is 17.8 Å². The van der Waals surface area contributed by atoms with Gasteiger partial charge in [0.1, 0.15) is 0 Å². The third kappa shape index (κ3) is 2.70. The lowest BCUT2D eigenvalue weighted by atomic mass is 9.90. The molecular formula is C15H20O3S. The number of rotatable bonds is 4. The summed E-state index contributed by atoms with van der Waals surface area (Å²) in [7, 11) is -3.58. The summed E-state index contributed by atoms with van der Waals surface area (Å²) >= 11 is 0. The lowest BCUT2D eigenvalue weighted by Gasteiger charge is -2.21. The predicted molar refractivity (Wildman–Crippen MR) is 73.3 cm³/mol. The highest BCUT2D eigenvalue weighted by molar-refractivity contribution is 7.86. The Labute approximate surface area is 115 Å². The SMILES string of the molecule is Cc1ccc(S(=O)(=O)OCC2CC3CC[C@H]2C3)cc1. The number of hydrogen-bond donors (Lipinski definition) is 0. The first-order valence-corrected chi connectivity index (χ1v) is 8.41. The Balaban J connectivity index is 1.64. The molecule has 0 amide bonds. The summed E-state index contributed by atoms with van der Waals surface area (Å²) in [6.07, 6.45) is 5.00. The summed E-state index contributed by atoms with van der Waals surface area (Å²) in [5.74, 6) is 1.96. The van der Waals surface area contributed by atoms with Gasteiger partial charge in [0.25, 0.3) is 10.1 Å². The van der Waals surface area contributed by atoms with Gasteiger partial charge in [-0.2, -0.15) is 8.42 Å². The van der Waals surface area contributed by atoms with Crippen molar-refractivity contribution in [3.05, 3.63) is 29.8 Å². The van der Waals surface area contributed by atoms with E-state index in [-0.39, 0.29) is 4.90 Å². The van der Waals surface area contributed by atoms with Gasteiger partial charge >= 0.3 is 0 Å². The molecule has 4 heteroatoms. The van der Waals surface area contributed by atoms with Gasteiger partial charge < -0.3 is 0 Å². The van der Waals surface area contributed by atoms with E-state index in [9.17, 15) is 8.42 Å². The summed E-state index contributed by atoms with van der Waals surface area (Å²) in [6.45, 7) is 2.30. The van der Waals surface area contributed by atoms with Gasteiger partial charge in [-0.15, -0.1) is 0 Å². The molecule has 0 aromatic heterocycles. The first kappa shape index (κ1) is 13.1. The van der Waals surface area contributed by atoms with Crippen molar-refractivity contribution in [1.82, 2.24) is 0 Å². The molecule has 19 heavy (non-hydrogen) atoms. The molecule has 3 rings (SSSR count). The van der Waals surface area contributed by atoms with Crippen LogP contribution in [0.1, 0.15) is 31.2 Å². The number of hydrogen-bond acceptors (Lipinski definition) is 3. The standard InChI is InChI=1S/C15H20O3S/c1-11-2-6-15(7-3-11)19(16,17)18-10-14-9-12-4-5-13(14)8-12/h2-3,6-7,12-14H,4-5,8-10H2,1H3/t12?,13-,14?/m0/s1. The lowest BCUT2D eigenvalue weighted by Crippen LogP contribution is -2.19. The molecular weight excluding hydrogens is 260 g/mol. The minimum Gasteiger partial charge on any atom is -0.266 e. The van der Waals surface area contributed by atoms with Gasteiger partial charge in [-0.25, -0.2) is 0 Å². The average molecular weight is 280 g/mol. The van der Waals surface area contributed by atoms with Crippen LogP contribution < -0.4 is 0 Å². The van der Waals surface area contributed by atoms with Gasteiger partial charge in [-0.05, 0) is 56.1 Å². The summed E-state index contributed by atoms with van der Waals surface area (Å²) in [6, 6.07) is 6.83. The Morgan fingerprint density at radius 2 is 1.89 bits per heavy atom. The second-order valence-electron chi connectivity index (χ2n) is 5.99. The van der Waals surface area contributed by atoms with Gasteiger partial charge in [0, 0.05) is 0 Å². The normalized spacial score (nSPS) is 29.8. The minimum absolute atomic E-state index is 0.265. The topological polar surface area (TPSA) is 43.4 Å². The first-order valence-electron chi connectivity index (χ1n) is 7.01. The van der Waals surface area contributed by atoms with Crippen molar-refractivity contribution in [2.75, 3.05) is 6.61 Å². The fourth-order valence-corrected chi connectivity index (χ4v) is 4.49. The molecule has 0 N–H and O–H groups in total. The van der Waals surface area contributed by atoms with E-state index in [4.69, 9.17) is 4.18 Å². The Morgan fingerprint density at radius 1 is 1.16 bits per heavy atom. The molecule has 0 heterocycles.